The summed E-state index contributed by atoms with van der Waals surface area (Å²) >= 11 is 0. The molecular formula is C22H29NO7S. The van der Waals surface area contributed by atoms with Crippen molar-refractivity contribution in [2.24, 2.45) is 0 Å². The third kappa shape index (κ3) is 8.56. The Morgan fingerprint density at radius 1 is 1.00 bits per heavy atom. The van der Waals surface area contributed by atoms with Crippen LogP contribution < -0.4 is 8.92 Å². The second kappa shape index (κ2) is 11.7. The lowest BCUT2D eigenvalue weighted by Gasteiger charge is -2.21. The van der Waals surface area contributed by atoms with Crippen LogP contribution >= 0.6 is 0 Å². The van der Waals surface area contributed by atoms with E-state index >= 15 is 0 Å². The summed E-state index contributed by atoms with van der Waals surface area (Å²) in [5.41, 5.74) is 1.95. The lowest BCUT2D eigenvalue weighted by Crippen LogP contribution is -2.38. The number of hydrogen-bond donors (Lipinski definition) is 0. The minimum atomic E-state index is -3.53. The summed E-state index contributed by atoms with van der Waals surface area (Å²) in [6.07, 6.45) is 1.48. The molecule has 0 heterocycles. The Morgan fingerprint density at radius 2 is 1.58 bits per heavy atom. The predicted molar refractivity (Wildman–Crippen MR) is 116 cm³/mol. The van der Waals surface area contributed by atoms with E-state index in [9.17, 15) is 13.2 Å². The molecule has 1 atom stereocenters. The first-order chi connectivity index (χ1) is 14.7. The van der Waals surface area contributed by atoms with Gasteiger partial charge in [0.05, 0.1) is 20.0 Å². The molecule has 0 aromatic heterocycles. The van der Waals surface area contributed by atoms with E-state index in [0.29, 0.717) is 31.8 Å². The second-order valence-corrected chi connectivity index (χ2v) is 8.42. The first-order valence-corrected chi connectivity index (χ1v) is 11.7. The van der Waals surface area contributed by atoms with Crippen LogP contribution in [-0.4, -0.2) is 59.1 Å². The third-order valence-corrected chi connectivity index (χ3v) is 4.90. The van der Waals surface area contributed by atoms with Gasteiger partial charge in [0.15, 0.2) is 0 Å². The Bertz CT molecular complexity index is 927. The summed E-state index contributed by atoms with van der Waals surface area (Å²) < 4.78 is 38.4. The lowest BCUT2D eigenvalue weighted by molar-refractivity contribution is -0.180. The van der Waals surface area contributed by atoms with Gasteiger partial charge in [-0.2, -0.15) is 8.42 Å². The molecule has 0 aliphatic carbocycles. The fourth-order valence-corrected chi connectivity index (χ4v) is 3.28. The number of ether oxygens (including phenoxy) is 2. The fourth-order valence-electron chi connectivity index (χ4n) is 2.82. The molecule has 8 nitrogen and oxygen atoms in total. The average molecular weight is 452 g/mol. The van der Waals surface area contributed by atoms with E-state index in [1.54, 1.807) is 31.3 Å². The van der Waals surface area contributed by atoms with Gasteiger partial charge in [-0.15, -0.1) is 0 Å². The molecule has 31 heavy (non-hydrogen) atoms. The van der Waals surface area contributed by atoms with Crippen molar-refractivity contribution in [3.63, 3.8) is 0 Å². The monoisotopic (exact) mass is 451 g/mol. The van der Waals surface area contributed by atoms with Gasteiger partial charge in [0.2, 0.25) is 0 Å². The van der Waals surface area contributed by atoms with Crippen LogP contribution in [0.5, 0.6) is 11.5 Å². The molecule has 0 saturated carbocycles. The summed E-state index contributed by atoms with van der Waals surface area (Å²) in [6, 6.07) is 14.3. The Kier molecular flexibility index (Phi) is 9.29. The number of carbonyl (C=O) groups is 1. The largest absolute Gasteiger partial charge is 0.493 e. The van der Waals surface area contributed by atoms with Crippen molar-refractivity contribution in [3.05, 3.63) is 59.7 Å². The van der Waals surface area contributed by atoms with Gasteiger partial charge in [-0.05, 0) is 42.3 Å². The number of likely N-dealkylation sites (N-methyl/N-ethyl adjacent to an activating group) is 1. The highest BCUT2D eigenvalue weighted by Gasteiger charge is 2.23. The molecule has 0 saturated heterocycles. The molecule has 170 valence electrons. The number of carbonyl (C=O) groups excluding carboxylic acids is 1. The van der Waals surface area contributed by atoms with E-state index in [-0.39, 0.29) is 11.7 Å². The maximum Gasteiger partial charge on any atom is 0.306 e. The maximum atomic E-state index is 12.3. The highest BCUT2D eigenvalue weighted by atomic mass is 32.2. The zero-order valence-corrected chi connectivity index (χ0v) is 19.1. The first kappa shape index (κ1) is 24.6. The molecular weight excluding hydrogens is 422 g/mol. The summed E-state index contributed by atoms with van der Waals surface area (Å²) in [4.78, 5) is 17.3. The van der Waals surface area contributed by atoms with Crippen LogP contribution in [0.4, 0.5) is 0 Å². The summed E-state index contributed by atoms with van der Waals surface area (Å²) in [6.45, 7) is 2.73. The molecule has 2 rings (SSSR count). The molecule has 0 unspecified atom stereocenters. The molecule has 0 aliphatic rings. The molecule has 2 aromatic rings. The number of benzene rings is 2. The Hall–Kier alpha value is -2.62. The summed E-state index contributed by atoms with van der Waals surface area (Å²) in [5.74, 6) is 0.759. The number of nitrogens with zero attached hydrogens (tertiary/aromatic N) is 1. The standard InChI is InChI=1S/C22H29NO7S/c1-5-28-21(22(24)23(2)27-3)16-18-8-10-19(11-9-18)29-15-14-17-6-12-20(13-7-17)30-31(4,25)26/h6-13,21H,5,14-16H2,1-4H3/t21-/m0/s1. The van der Waals surface area contributed by atoms with Crippen molar-refractivity contribution < 1.29 is 31.7 Å². The normalized spacial score (nSPS) is 12.3. The molecule has 0 radical (unpaired) electrons. The van der Waals surface area contributed by atoms with Crippen molar-refractivity contribution in [1.29, 1.82) is 0 Å². The minimum absolute atomic E-state index is 0.238. The second-order valence-electron chi connectivity index (χ2n) is 6.84. The number of hydroxylamine groups is 2. The van der Waals surface area contributed by atoms with Crippen LogP contribution in [0.3, 0.4) is 0 Å². The maximum absolute atomic E-state index is 12.3. The van der Waals surface area contributed by atoms with E-state index in [1.165, 1.54) is 7.11 Å². The average Bonchev–Trinajstić information content (AvgIpc) is 2.73. The van der Waals surface area contributed by atoms with Gasteiger partial charge in [-0.25, -0.2) is 5.06 Å². The van der Waals surface area contributed by atoms with E-state index in [0.717, 1.165) is 22.4 Å². The number of hydrogen-bond acceptors (Lipinski definition) is 7. The third-order valence-electron chi connectivity index (χ3n) is 4.40. The van der Waals surface area contributed by atoms with Crippen LogP contribution in [0.15, 0.2) is 48.5 Å². The molecule has 0 N–H and O–H groups in total. The minimum Gasteiger partial charge on any atom is -0.493 e. The topological polar surface area (TPSA) is 91.4 Å². The Balaban J connectivity index is 1.86. The van der Waals surface area contributed by atoms with E-state index < -0.39 is 16.2 Å². The van der Waals surface area contributed by atoms with Crippen LogP contribution in [0, 0.1) is 0 Å². The molecule has 1 amide bonds. The number of rotatable bonds is 12. The van der Waals surface area contributed by atoms with Crippen LogP contribution in [0.1, 0.15) is 18.1 Å². The summed E-state index contributed by atoms with van der Waals surface area (Å²) in [7, 11) is -0.540. The van der Waals surface area contributed by atoms with Gasteiger partial charge in [-0.3, -0.25) is 9.63 Å². The van der Waals surface area contributed by atoms with Gasteiger partial charge in [0, 0.05) is 26.5 Å². The Labute approximate surface area is 183 Å². The predicted octanol–water partition coefficient (Wildman–Crippen LogP) is 2.61. The van der Waals surface area contributed by atoms with Crippen LogP contribution in [0.25, 0.3) is 0 Å². The van der Waals surface area contributed by atoms with Crippen LogP contribution in [0.2, 0.25) is 0 Å². The molecule has 0 fully saturated rings. The van der Waals surface area contributed by atoms with Gasteiger partial charge in [0.25, 0.3) is 5.91 Å². The first-order valence-electron chi connectivity index (χ1n) is 9.85. The number of amides is 1. The SMILES string of the molecule is CCO[C@@H](Cc1ccc(OCCc2ccc(OS(C)(=O)=O)cc2)cc1)C(=O)N(C)OC. The smallest absolute Gasteiger partial charge is 0.306 e. The van der Waals surface area contributed by atoms with Crippen molar-refractivity contribution >= 4 is 16.0 Å². The van der Waals surface area contributed by atoms with E-state index in [1.807, 2.05) is 31.2 Å². The molecule has 0 aliphatic heterocycles. The molecule has 0 spiro atoms. The van der Waals surface area contributed by atoms with Gasteiger partial charge in [-0.1, -0.05) is 24.3 Å². The highest BCUT2D eigenvalue weighted by molar-refractivity contribution is 7.86. The van der Waals surface area contributed by atoms with E-state index in [4.69, 9.17) is 18.5 Å². The quantitative estimate of drug-likeness (QED) is 0.362. The zero-order valence-electron chi connectivity index (χ0n) is 18.2. The van der Waals surface area contributed by atoms with E-state index in [2.05, 4.69) is 0 Å². The highest BCUT2D eigenvalue weighted by Crippen LogP contribution is 2.17. The van der Waals surface area contributed by atoms with Crippen molar-refractivity contribution in [2.45, 2.75) is 25.9 Å². The molecule has 0 bridgehead atoms. The fraction of sp³-hybridized carbons (Fsp3) is 0.409. The van der Waals surface area contributed by atoms with Gasteiger partial charge < -0.3 is 13.7 Å². The Morgan fingerprint density at radius 3 is 2.13 bits per heavy atom. The van der Waals surface area contributed by atoms with Gasteiger partial charge >= 0.3 is 10.1 Å². The van der Waals surface area contributed by atoms with Crippen molar-refractivity contribution in [1.82, 2.24) is 5.06 Å². The van der Waals surface area contributed by atoms with Crippen LogP contribution in [-0.2, 0) is 37.3 Å². The molecule has 2 aromatic carbocycles. The van der Waals surface area contributed by atoms with Gasteiger partial charge in [0.1, 0.15) is 17.6 Å². The van der Waals surface area contributed by atoms with Crippen molar-refractivity contribution in [2.75, 3.05) is 33.6 Å². The molecule has 9 heteroatoms. The lowest BCUT2D eigenvalue weighted by atomic mass is 10.1. The summed E-state index contributed by atoms with van der Waals surface area (Å²) in [5, 5.41) is 1.16. The zero-order chi connectivity index (χ0) is 22.9. The van der Waals surface area contributed by atoms with Crippen molar-refractivity contribution in [3.8, 4) is 11.5 Å².